The summed E-state index contributed by atoms with van der Waals surface area (Å²) in [6.45, 7) is 0.113. The van der Waals surface area contributed by atoms with Crippen molar-refractivity contribution in [2.45, 2.75) is 18.0 Å². The Morgan fingerprint density at radius 3 is 2.57 bits per heavy atom. The molecule has 0 heterocycles. The van der Waals surface area contributed by atoms with Gasteiger partial charge in [0.1, 0.15) is 10.7 Å². The fourth-order valence-corrected chi connectivity index (χ4v) is 3.11. The molecule has 4 nitrogen and oxygen atoms in total. The lowest BCUT2D eigenvalue weighted by Gasteiger charge is -2.10. The van der Waals surface area contributed by atoms with Gasteiger partial charge in [-0.15, -0.1) is 0 Å². The molecule has 0 saturated heterocycles. The summed E-state index contributed by atoms with van der Waals surface area (Å²) in [6, 6.07) is 10.6. The maximum atomic E-state index is 13.7. The summed E-state index contributed by atoms with van der Waals surface area (Å²) < 4.78 is 40.4. The zero-order chi connectivity index (χ0) is 15.5. The van der Waals surface area contributed by atoms with E-state index in [4.69, 9.17) is 17.3 Å². The van der Waals surface area contributed by atoms with E-state index in [0.29, 0.717) is 16.1 Å². The summed E-state index contributed by atoms with van der Waals surface area (Å²) >= 11 is 5.95. The molecule has 0 spiro atoms. The minimum atomic E-state index is -3.98. The number of rotatable bonds is 5. The van der Waals surface area contributed by atoms with Crippen molar-refractivity contribution in [3.63, 3.8) is 0 Å². The van der Waals surface area contributed by atoms with Crippen LogP contribution in [0.3, 0.4) is 0 Å². The van der Waals surface area contributed by atoms with Crippen molar-refractivity contribution >= 4 is 21.6 Å². The second-order valence-corrected chi connectivity index (χ2v) is 6.53. The van der Waals surface area contributed by atoms with Crippen molar-refractivity contribution < 1.29 is 12.8 Å². The van der Waals surface area contributed by atoms with Gasteiger partial charge in [0, 0.05) is 18.1 Å². The van der Waals surface area contributed by atoms with E-state index >= 15 is 0 Å². The average Bonchev–Trinajstić information content (AvgIpc) is 2.47. The maximum Gasteiger partial charge on any atom is 0.243 e. The lowest BCUT2D eigenvalue weighted by Crippen LogP contribution is -2.24. The Hall–Kier alpha value is -1.47. The van der Waals surface area contributed by atoms with Gasteiger partial charge < -0.3 is 5.73 Å². The third kappa shape index (κ3) is 3.79. The van der Waals surface area contributed by atoms with Crippen molar-refractivity contribution in [2.75, 3.05) is 0 Å². The molecule has 112 valence electrons. The molecule has 0 bridgehead atoms. The van der Waals surface area contributed by atoms with Gasteiger partial charge in [0.05, 0.1) is 0 Å². The highest BCUT2D eigenvalue weighted by Crippen LogP contribution is 2.18. The third-order valence-electron chi connectivity index (χ3n) is 2.93. The van der Waals surface area contributed by atoms with E-state index in [9.17, 15) is 12.8 Å². The van der Waals surface area contributed by atoms with Crippen molar-refractivity contribution in [1.29, 1.82) is 0 Å². The first kappa shape index (κ1) is 15.9. The molecule has 0 aliphatic rings. The summed E-state index contributed by atoms with van der Waals surface area (Å²) in [5.74, 6) is -0.821. The van der Waals surface area contributed by atoms with Gasteiger partial charge in [0.2, 0.25) is 10.0 Å². The number of nitrogens with one attached hydrogen (secondary N) is 1. The molecule has 0 atom stereocenters. The molecule has 2 aromatic carbocycles. The lowest BCUT2D eigenvalue weighted by atomic mass is 10.2. The van der Waals surface area contributed by atoms with Crippen molar-refractivity contribution in [3.05, 3.63) is 64.4 Å². The average molecular weight is 329 g/mol. The minimum Gasteiger partial charge on any atom is -0.326 e. The quantitative estimate of drug-likeness (QED) is 0.885. The van der Waals surface area contributed by atoms with E-state index < -0.39 is 20.7 Å². The summed E-state index contributed by atoms with van der Waals surface area (Å²) in [5.41, 5.74) is 6.59. The largest absolute Gasteiger partial charge is 0.326 e. The zero-order valence-corrected chi connectivity index (χ0v) is 12.6. The fraction of sp³-hybridized carbons (Fsp3) is 0.143. The van der Waals surface area contributed by atoms with Crippen LogP contribution in [0.1, 0.15) is 11.1 Å². The second kappa shape index (κ2) is 6.53. The molecule has 7 heteroatoms. The first-order chi connectivity index (χ1) is 9.94. The Morgan fingerprint density at radius 1 is 1.19 bits per heavy atom. The monoisotopic (exact) mass is 328 g/mol. The Kier molecular flexibility index (Phi) is 4.95. The number of nitrogens with two attached hydrogens (primary N) is 1. The van der Waals surface area contributed by atoms with Crippen LogP contribution in [0, 0.1) is 5.82 Å². The van der Waals surface area contributed by atoms with Crippen LogP contribution in [0.5, 0.6) is 0 Å². The molecule has 21 heavy (non-hydrogen) atoms. The van der Waals surface area contributed by atoms with Crippen molar-refractivity contribution in [1.82, 2.24) is 4.72 Å². The number of hydrogen-bond acceptors (Lipinski definition) is 3. The van der Waals surface area contributed by atoms with Crippen LogP contribution >= 0.6 is 11.6 Å². The van der Waals surface area contributed by atoms with E-state index in [2.05, 4.69) is 4.72 Å². The number of sulfonamides is 1. The van der Waals surface area contributed by atoms with Gasteiger partial charge >= 0.3 is 0 Å². The number of hydrogen-bond donors (Lipinski definition) is 2. The smallest absolute Gasteiger partial charge is 0.243 e. The molecule has 0 unspecified atom stereocenters. The molecule has 0 aliphatic heterocycles. The number of halogens is 2. The van der Waals surface area contributed by atoms with E-state index in [1.807, 2.05) is 0 Å². The Labute approximate surface area is 127 Å². The van der Waals surface area contributed by atoms with Gasteiger partial charge in [-0.1, -0.05) is 35.9 Å². The van der Waals surface area contributed by atoms with Gasteiger partial charge in [-0.05, 0) is 29.3 Å². The molecule has 0 radical (unpaired) electrons. The van der Waals surface area contributed by atoms with Gasteiger partial charge in [-0.3, -0.25) is 0 Å². The molecule has 0 aliphatic carbocycles. The summed E-state index contributed by atoms with van der Waals surface area (Å²) in [4.78, 5) is -0.419. The van der Waals surface area contributed by atoms with Gasteiger partial charge in [0.15, 0.2) is 0 Å². The van der Waals surface area contributed by atoms with E-state index in [1.165, 1.54) is 12.1 Å². The van der Waals surface area contributed by atoms with Crippen LogP contribution in [-0.2, 0) is 23.1 Å². The first-order valence-electron chi connectivity index (χ1n) is 6.15. The molecule has 0 amide bonds. The minimum absolute atomic E-state index is 0.0195. The Morgan fingerprint density at radius 2 is 1.90 bits per heavy atom. The molecular formula is C14H14ClFN2O2S. The normalized spacial score (nSPS) is 11.6. The standard InChI is InChI=1S/C14H14ClFN2O2S/c15-12-4-2-1-3-11(12)9-18-21(19,20)14-7-10(8-17)5-6-13(14)16/h1-7,18H,8-9,17H2. The predicted molar refractivity (Wildman–Crippen MR) is 79.8 cm³/mol. The van der Waals surface area contributed by atoms with Crippen molar-refractivity contribution in [2.24, 2.45) is 5.73 Å². The van der Waals surface area contributed by atoms with Gasteiger partial charge in [0.25, 0.3) is 0 Å². The SMILES string of the molecule is NCc1ccc(F)c(S(=O)(=O)NCc2ccccc2Cl)c1. The highest BCUT2D eigenvalue weighted by atomic mass is 35.5. The highest BCUT2D eigenvalue weighted by molar-refractivity contribution is 7.89. The highest BCUT2D eigenvalue weighted by Gasteiger charge is 2.19. The molecule has 0 fully saturated rings. The molecule has 3 N–H and O–H groups in total. The maximum absolute atomic E-state index is 13.7. The van der Waals surface area contributed by atoms with E-state index in [0.717, 1.165) is 6.07 Å². The van der Waals surface area contributed by atoms with E-state index in [-0.39, 0.29) is 13.1 Å². The molecular weight excluding hydrogens is 315 g/mol. The molecule has 2 rings (SSSR count). The fourth-order valence-electron chi connectivity index (χ4n) is 1.77. The number of benzene rings is 2. The van der Waals surface area contributed by atoms with Crippen LogP contribution in [0.15, 0.2) is 47.4 Å². The van der Waals surface area contributed by atoms with Gasteiger partial charge in [-0.2, -0.15) is 0 Å². The lowest BCUT2D eigenvalue weighted by molar-refractivity contribution is 0.556. The van der Waals surface area contributed by atoms with Crippen LogP contribution in [0.2, 0.25) is 5.02 Å². The molecule has 0 aromatic heterocycles. The topological polar surface area (TPSA) is 72.2 Å². The van der Waals surface area contributed by atoms with E-state index in [1.54, 1.807) is 24.3 Å². The molecule has 0 saturated carbocycles. The van der Waals surface area contributed by atoms with Crippen LogP contribution in [0.25, 0.3) is 0 Å². The first-order valence-corrected chi connectivity index (χ1v) is 8.01. The summed E-state index contributed by atoms with van der Waals surface area (Å²) in [7, 11) is -3.98. The second-order valence-electron chi connectivity index (χ2n) is 4.38. The Bertz CT molecular complexity index is 750. The van der Waals surface area contributed by atoms with Crippen LogP contribution < -0.4 is 10.5 Å². The summed E-state index contributed by atoms with van der Waals surface area (Å²) in [6.07, 6.45) is 0. The van der Waals surface area contributed by atoms with Crippen LogP contribution in [0.4, 0.5) is 4.39 Å². The van der Waals surface area contributed by atoms with Gasteiger partial charge in [-0.25, -0.2) is 17.5 Å². The third-order valence-corrected chi connectivity index (χ3v) is 4.72. The Balaban J connectivity index is 2.25. The summed E-state index contributed by atoms with van der Waals surface area (Å²) in [5, 5.41) is 0.441. The predicted octanol–water partition coefficient (Wildman–Crippen LogP) is 2.42. The van der Waals surface area contributed by atoms with Crippen LogP contribution in [-0.4, -0.2) is 8.42 Å². The van der Waals surface area contributed by atoms with Crippen molar-refractivity contribution in [3.8, 4) is 0 Å². The zero-order valence-electron chi connectivity index (χ0n) is 11.0. The molecule has 2 aromatic rings.